The van der Waals surface area contributed by atoms with Crippen molar-refractivity contribution in [1.29, 1.82) is 0 Å². The highest BCUT2D eigenvalue weighted by atomic mass is 35.5. The molecule has 0 aliphatic carbocycles. The van der Waals surface area contributed by atoms with E-state index in [1.165, 1.54) is 36.4 Å². The second-order valence-electron chi connectivity index (χ2n) is 3.99. The minimum atomic E-state index is -4.01. The van der Waals surface area contributed by atoms with Crippen LogP contribution in [0.3, 0.4) is 0 Å². The standard InChI is InChI=1S/C13H7Cl3O4S/c14-9-3-6-12(15)11(7-9)13(17)8-1-4-10(5-2-8)21(18,19)20-16/h1-7H. The molecule has 0 N–H and O–H groups in total. The predicted octanol–water partition coefficient (Wildman–Crippen LogP) is 4.08. The molecular weight excluding hydrogens is 359 g/mol. The van der Waals surface area contributed by atoms with E-state index in [1.807, 2.05) is 0 Å². The molecule has 0 bridgehead atoms. The van der Waals surface area contributed by atoms with Crippen molar-refractivity contribution in [2.45, 2.75) is 4.90 Å². The fourth-order valence-corrected chi connectivity index (χ4v) is 2.77. The Bertz CT molecular complexity index is 786. The number of ketones is 1. The molecule has 4 nitrogen and oxygen atoms in total. The Balaban J connectivity index is 2.39. The van der Waals surface area contributed by atoms with Crippen LogP contribution in [-0.2, 0) is 13.9 Å². The lowest BCUT2D eigenvalue weighted by Crippen LogP contribution is -2.04. The summed E-state index contributed by atoms with van der Waals surface area (Å²) in [5.74, 6) is -0.377. The molecule has 110 valence electrons. The molecule has 0 amide bonds. The maximum atomic E-state index is 12.3. The first-order valence-corrected chi connectivity index (χ1v) is 7.97. The van der Waals surface area contributed by atoms with E-state index < -0.39 is 10.1 Å². The van der Waals surface area contributed by atoms with Gasteiger partial charge in [-0.05, 0) is 42.5 Å². The van der Waals surface area contributed by atoms with Gasteiger partial charge in [-0.15, -0.1) is 0 Å². The number of halogens is 3. The van der Waals surface area contributed by atoms with E-state index in [0.29, 0.717) is 5.02 Å². The van der Waals surface area contributed by atoms with Crippen LogP contribution in [0.4, 0.5) is 0 Å². The van der Waals surface area contributed by atoms with Gasteiger partial charge in [-0.3, -0.25) is 4.79 Å². The molecule has 0 aliphatic rings. The highest BCUT2D eigenvalue weighted by Gasteiger charge is 2.17. The molecule has 2 aromatic rings. The molecule has 0 fully saturated rings. The molecule has 21 heavy (non-hydrogen) atoms. The molecule has 0 aromatic heterocycles. The third-order valence-electron chi connectivity index (χ3n) is 2.66. The van der Waals surface area contributed by atoms with Crippen molar-refractivity contribution in [3.63, 3.8) is 0 Å². The number of carbonyl (C=O) groups excluding carboxylic acids is 1. The Morgan fingerprint density at radius 1 is 1.00 bits per heavy atom. The molecule has 0 saturated heterocycles. The second-order valence-corrected chi connectivity index (χ2v) is 6.72. The van der Waals surface area contributed by atoms with Crippen molar-refractivity contribution < 1.29 is 16.9 Å². The predicted molar refractivity (Wildman–Crippen MR) is 80.5 cm³/mol. The van der Waals surface area contributed by atoms with Gasteiger partial charge < -0.3 is 0 Å². The summed E-state index contributed by atoms with van der Waals surface area (Å²) in [4.78, 5) is 12.1. The molecule has 0 saturated carbocycles. The SMILES string of the molecule is O=C(c1ccc(S(=O)(=O)OCl)cc1)c1cc(Cl)ccc1Cl. The number of benzene rings is 2. The largest absolute Gasteiger partial charge is 0.312 e. The van der Waals surface area contributed by atoms with Gasteiger partial charge in [0, 0.05) is 16.1 Å². The zero-order chi connectivity index (χ0) is 15.6. The van der Waals surface area contributed by atoms with Crippen LogP contribution in [0.25, 0.3) is 0 Å². The highest BCUT2D eigenvalue weighted by Crippen LogP contribution is 2.24. The minimum absolute atomic E-state index is 0.161. The van der Waals surface area contributed by atoms with Gasteiger partial charge in [-0.1, -0.05) is 23.2 Å². The minimum Gasteiger partial charge on any atom is -0.289 e. The van der Waals surface area contributed by atoms with Crippen molar-refractivity contribution >= 4 is 51.0 Å². The van der Waals surface area contributed by atoms with Gasteiger partial charge in [0.15, 0.2) is 5.78 Å². The van der Waals surface area contributed by atoms with Crippen molar-refractivity contribution in [2.24, 2.45) is 0 Å². The molecule has 0 unspecified atom stereocenters. The average molecular weight is 366 g/mol. The molecule has 2 rings (SSSR count). The van der Waals surface area contributed by atoms with Crippen LogP contribution in [0.15, 0.2) is 47.4 Å². The van der Waals surface area contributed by atoms with E-state index >= 15 is 0 Å². The molecule has 0 radical (unpaired) electrons. The fourth-order valence-electron chi connectivity index (χ4n) is 1.64. The first kappa shape index (κ1) is 16.3. The Morgan fingerprint density at radius 3 is 2.19 bits per heavy atom. The van der Waals surface area contributed by atoms with Gasteiger partial charge in [0.05, 0.1) is 21.8 Å². The second kappa shape index (κ2) is 6.34. The van der Waals surface area contributed by atoms with Gasteiger partial charge in [0.25, 0.3) is 0 Å². The van der Waals surface area contributed by atoms with Gasteiger partial charge in [0.2, 0.25) is 0 Å². The Labute approximate surface area is 136 Å². The number of carbonyl (C=O) groups is 1. The quantitative estimate of drug-likeness (QED) is 0.766. The summed E-state index contributed by atoms with van der Waals surface area (Å²) in [5.41, 5.74) is 0.487. The van der Waals surface area contributed by atoms with E-state index in [0.717, 1.165) is 0 Å². The van der Waals surface area contributed by atoms with Crippen molar-refractivity contribution in [3.8, 4) is 0 Å². The third kappa shape index (κ3) is 3.56. The van der Waals surface area contributed by atoms with Crippen LogP contribution in [-0.4, -0.2) is 14.2 Å². The highest BCUT2D eigenvalue weighted by molar-refractivity contribution is 7.87. The summed E-state index contributed by atoms with van der Waals surface area (Å²) in [6.45, 7) is 0. The Kier molecular flexibility index (Phi) is 4.91. The first-order chi connectivity index (χ1) is 9.85. The van der Waals surface area contributed by atoms with Crippen LogP contribution in [0, 0.1) is 0 Å². The normalized spacial score (nSPS) is 11.4. The van der Waals surface area contributed by atoms with Gasteiger partial charge in [-0.2, -0.15) is 12.2 Å². The molecular formula is C13H7Cl3O4S. The topological polar surface area (TPSA) is 60.4 Å². The van der Waals surface area contributed by atoms with Gasteiger partial charge in [-0.25, -0.2) is 0 Å². The summed E-state index contributed by atoms with van der Waals surface area (Å²) in [7, 11) is -4.01. The van der Waals surface area contributed by atoms with E-state index in [9.17, 15) is 13.2 Å². The third-order valence-corrected chi connectivity index (χ3v) is 4.74. The van der Waals surface area contributed by atoms with Gasteiger partial charge in [0.1, 0.15) is 0 Å². The summed E-state index contributed by atoms with van der Waals surface area (Å²) < 4.78 is 26.6. The molecule has 0 spiro atoms. The van der Waals surface area contributed by atoms with Crippen LogP contribution in [0.2, 0.25) is 10.0 Å². The van der Waals surface area contributed by atoms with Crippen molar-refractivity contribution in [2.75, 3.05) is 0 Å². The number of rotatable bonds is 4. The van der Waals surface area contributed by atoms with Crippen LogP contribution < -0.4 is 0 Å². The summed E-state index contributed by atoms with van der Waals surface area (Å²) in [5, 5.41) is 0.627. The molecule has 0 atom stereocenters. The number of hydrogen-bond acceptors (Lipinski definition) is 4. The van der Waals surface area contributed by atoms with E-state index in [-0.39, 0.29) is 26.8 Å². The van der Waals surface area contributed by atoms with E-state index in [4.69, 9.17) is 35.1 Å². The summed E-state index contributed by atoms with van der Waals surface area (Å²) >= 11 is 16.7. The monoisotopic (exact) mass is 364 g/mol. The lowest BCUT2D eigenvalue weighted by atomic mass is 10.0. The lowest BCUT2D eigenvalue weighted by molar-refractivity contribution is 0.103. The lowest BCUT2D eigenvalue weighted by Gasteiger charge is -2.05. The van der Waals surface area contributed by atoms with E-state index in [2.05, 4.69) is 3.74 Å². The van der Waals surface area contributed by atoms with Crippen molar-refractivity contribution in [1.82, 2.24) is 0 Å². The van der Waals surface area contributed by atoms with Crippen LogP contribution >= 0.6 is 35.1 Å². The smallest absolute Gasteiger partial charge is 0.289 e. The summed E-state index contributed by atoms with van der Waals surface area (Å²) in [6.07, 6.45) is 0. The molecule has 0 aliphatic heterocycles. The zero-order valence-electron chi connectivity index (χ0n) is 10.2. The average Bonchev–Trinajstić information content (AvgIpc) is 2.49. The Morgan fingerprint density at radius 2 is 1.62 bits per heavy atom. The van der Waals surface area contributed by atoms with Crippen LogP contribution in [0.5, 0.6) is 0 Å². The van der Waals surface area contributed by atoms with E-state index in [1.54, 1.807) is 6.07 Å². The Hall–Kier alpha value is -1.11. The molecule has 8 heteroatoms. The molecule has 0 heterocycles. The maximum Gasteiger partial charge on any atom is 0.312 e. The molecule has 2 aromatic carbocycles. The van der Waals surface area contributed by atoms with Crippen LogP contribution in [0.1, 0.15) is 15.9 Å². The fraction of sp³-hybridized carbons (Fsp3) is 0. The van der Waals surface area contributed by atoms with Gasteiger partial charge >= 0.3 is 10.1 Å². The summed E-state index contributed by atoms with van der Waals surface area (Å²) in [6, 6.07) is 9.61. The number of hydrogen-bond donors (Lipinski definition) is 0. The first-order valence-electron chi connectivity index (χ1n) is 5.50. The van der Waals surface area contributed by atoms with Crippen molar-refractivity contribution in [3.05, 3.63) is 63.6 Å². The maximum absolute atomic E-state index is 12.3. The zero-order valence-corrected chi connectivity index (χ0v) is 13.3.